The van der Waals surface area contributed by atoms with Crippen molar-refractivity contribution in [3.05, 3.63) is 24.3 Å². The van der Waals surface area contributed by atoms with E-state index in [4.69, 9.17) is 9.57 Å². The smallest absolute Gasteiger partial charge is 0.331 e. The largest absolute Gasteiger partial charge is 0.458 e. The van der Waals surface area contributed by atoms with E-state index in [0.717, 1.165) is 5.06 Å². The van der Waals surface area contributed by atoms with E-state index in [9.17, 15) is 14.4 Å². The molecule has 0 bridgehead atoms. The summed E-state index contributed by atoms with van der Waals surface area (Å²) in [5.74, 6) is -1.28. The van der Waals surface area contributed by atoms with Crippen LogP contribution in [0.25, 0.3) is 11.1 Å². The monoisotopic (exact) mass is 362 g/mol. The second kappa shape index (κ2) is 7.86. The Morgan fingerprint density at radius 1 is 1.23 bits per heavy atom. The fourth-order valence-electron chi connectivity index (χ4n) is 2.44. The fraction of sp³-hybridized carbons (Fsp3) is 0.526. The molecule has 142 valence electrons. The molecule has 7 nitrogen and oxygen atoms in total. The molecule has 1 fully saturated rings. The molecule has 2 unspecified atom stereocenters. The summed E-state index contributed by atoms with van der Waals surface area (Å²) in [6, 6.07) is 6.96. The summed E-state index contributed by atoms with van der Waals surface area (Å²) < 4.78 is 5.22. The standard InChI is InChI=1S/C13H22N2O5.C6H4/c1-8(12(18)20-13(3,4)5)15-11(17)10(6-7-19-15)14-9(2)16;1-2-6-4-3-5(1)6/h8,10H,6-7H2,1-5H3,(H,14,16);1-4H. The molecule has 2 amide bonds. The number of carbonyl (C=O) groups excluding carboxylic acids is 3. The molecule has 26 heavy (non-hydrogen) atoms. The number of ether oxygens (including phenoxy) is 1. The predicted molar refractivity (Wildman–Crippen MR) is 95.8 cm³/mol. The third kappa shape index (κ3) is 5.05. The van der Waals surface area contributed by atoms with Crippen LogP contribution in [0, 0.1) is 0 Å². The van der Waals surface area contributed by atoms with Gasteiger partial charge in [0.05, 0.1) is 6.61 Å². The van der Waals surface area contributed by atoms with E-state index in [2.05, 4.69) is 29.6 Å². The van der Waals surface area contributed by atoms with Crippen molar-refractivity contribution >= 4 is 17.8 Å². The van der Waals surface area contributed by atoms with Gasteiger partial charge in [0.15, 0.2) is 6.04 Å². The Morgan fingerprint density at radius 2 is 1.77 bits per heavy atom. The zero-order valence-electron chi connectivity index (χ0n) is 15.9. The topological polar surface area (TPSA) is 84.9 Å². The van der Waals surface area contributed by atoms with Gasteiger partial charge in [0.25, 0.3) is 5.91 Å². The molecular weight excluding hydrogens is 336 g/mol. The summed E-state index contributed by atoms with van der Waals surface area (Å²) in [4.78, 5) is 40.4. The molecule has 7 heteroatoms. The molecular formula is C19H26N2O5. The Morgan fingerprint density at radius 3 is 2.15 bits per heavy atom. The van der Waals surface area contributed by atoms with Crippen LogP contribution in [-0.2, 0) is 24.0 Å². The lowest BCUT2D eigenvalue weighted by atomic mass is 9.95. The zero-order chi connectivity index (χ0) is 19.5. The van der Waals surface area contributed by atoms with E-state index in [0.29, 0.717) is 6.42 Å². The van der Waals surface area contributed by atoms with Crippen LogP contribution in [0.5, 0.6) is 0 Å². The van der Waals surface area contributed by atoms with Gasteiger partial charge in [0.1, 0.15) is 11.6 Å². The van der Waals surface area contributed by atoms with E-state index >= 15 is 0 Å². The summed E-state index contributed by atoms with van der Waals surface area (Å²) >= 11 is 0. The first-order valence-electron chi connectivity index (χ1n) is 8.65. The van der Waals surface area contributed by atoms with Gasteiger partial charge in [-0.2, -0.15) is 0 Å². The average molecular weight is 362 g/mol. The molecule has 1 aliphatic heterocycles. The highest BCUT2D eigenvalue weighted by Gasteiger charge is 2.37. The number of hydrogen-bond donors (Lipinski definition) is 1. The minimum Gasteiger partial charge on any atom is -0.458 e. The van der Waals surface area contributed by atoms with E-state index in [1.807, 2.05) is 0 Å². The molecule has 0 aromatic heterocycles. The highest BCUT2D eigenvalue weighted by Crippen LogP contribution is 2.29. The molecule has 0 aromatic rings. The van der Waals surface area contributed by atoms with Crippen molar-refractivity contribution < 1.29 is 24.0 Å². The molecule has 0 radical (unpaired) electrons. The fourth-order valence-corrected chi connectivity index (χ4v) is 2.44. The van der Waals surface area contributed by atoms with Gasteiger partial charge >= 0.3 is 5.97 Å². The summed E-state index contributed by atoms with van der Waals surface area (Å²) in [6.07, 6.45) is 0.385. The van der Waals surface area contributed by atoms with Crippen molar-refractivity contribution in [3.8, 4) is 11.1 Å². The number of hydroxylamine groups is 2. The lowest BCUT2D eigenvalue weighted by molar-refractivity contribution is -0.222. The highest BCUT2D eigenvalue weighted by molar-refractivity contribution is 5.89. The van der Waals surface area contributed by atoms with Crippen LogP contribution in [0.15, 0.2) is 24.3 Å². The predicted octanol–water partition coefficient (Wildman–Crippen LogP) is 2.05. The summed E-state index contributed by atoms with van der Waals surface area (Å²) in [5, 5.41) is 3.53. The van der Waals surface area contributed by atoms with Crippen molar-refractivity contribution in [2.45, 2.75) is 58.7 Å². The van der Waals surface area contributed by atoms with Gasteiger partial charge in [-0.05, 0) is 38.8 Å². The quantitative estimate of drug-likeness (QED) is 0.845. The number of carbonyl (C=O) groups is 3. The number of nitrogens with one attached hydrogen (secondary N) is 1. The van der Waals surface area contributed by atoms with Crippen LogP contribution < -0.4 is 5.32 Å². The second-order valence-corrected chi connectivity index (χ2v) is 7.33. The van der Waals surface area contributed by atoms with E-state index in [-0.39, 0.29) is 12.5 Å². The maximum atomic E-state index is 12.2. The lowest BCUT2D eigenvalue weighted by Gasteiger charge is -2.35. The van der Waals surface area contributed by atoms with Crippen LogP contribution in [0.4, 0.5) is 0 Å². The minimum atomic E-state index is -0.863. The molecule has 1 saturated heterocycles. The zero-order valence-corrected chi connectivity index (χ0v) is 15.9. The molecule has 1 N–H and O–H groups in total. The molecule has 1 heterocycles. The Balaban J connectivity index is 0.000000331. The van der Waals surface area contributed by atoms with E-state index in [1.165, 1.54) is 25.0 Å². The van der Waals surface area contributed by atoms with Crippen molar-refractivity contribution in [3.63, 3.8) is 0 Å². The Labute approximate surface area is 153 Å². The molecule has 0 spiro atoms. The average Bonchev–Trinajstić information content (AvgIpc) is 2.51. The first-order valence-corrected chi connectivity index (χ1v) is 8.65. The maximum absolute atomic E-state index is 12.2. The van der Waals surface area contributed by atoms with Crippen LogP contribution in [-0.4, -0.2) is 47.1 Å². The van der Waals surface area contributed by atoms with Crippen molar-refractivity contribution in [2.75, 3.05) is 6.61 Å². The van der Waals surface area contributed by atoms with Crippen molar-refractivity contribution in [2.24, 2.45) is 0 Å². The van der Waals surface area contributed by atoms with Gasteiger partial charge in [-0.25, -0.2) is 9.86 Å². The van der Waals surface area contributed by atoms with Gasteiger partial charge < -0.3 is 10.1 Å². The second-order valence-electron chi connectivity index (χ2n) is 7.33. The third-order valence-electron chi connectivity index (χ3n) is 3.85. The van der Waals surface area contributed by atoms with Gasteiger partial charge in [0.2, 0.25) is 5.91 Å². The number of amides is 2. The first kappa shape index (κ1) is 19.9. The number of rotatable bonds is 3. The molecule has 0 aromatic carbocycles. The normalized spacial score (nSPS) is 19.0. The Hall–Kier alpha value is -2.41. The van der Waals surface area contributed by atoms with Crippen molar-refractivity contribution in [1.82, 2.24) is 10.4 Å². The molecule has 2 atom stereocenters. The van der Waals surface area contributed by atoms with Crippen molar-refractivity contribution in [1.29, 1.82) is 0 Å². The molecule has 3 aliphatic rings. The summed E-state index contributed by atoms with van der Waals surface area (Å²) in [7, 11) is 0. The number of fused-ring (bicyclic) bond motifs is 1. The van der Waals surface area contributed by atoms with E-state index in [1.54, 1.807) is 20.8 Å². The molecule has 0 saturated carbocycles. The third-order valence-corrected chi connectivity index (χ3v) is 3.85. The van der Waals surface area contributed by atoms with Gasteiger partial charge in [-0.3, -0.25) is 14.4 Å². The maximum Gasteiger partial charge on any atom is 0.331 e. The summed E-state index contributed by atoms with van der Waals surface area (Å²) in [6.45, 7) is 8.36. The van der Waals surface area contributed by atoms with Crippen LogP contribution in [0.3, 0.4) is 0 Å². The number of hydrogen-bond acceptors (Lipinski definition) is 5. The van der Waals surface area contributed by atoms with Gasteiger partial charge in [0, 0.05) is 13.3 Å². The SMILES string of the molecule is CC(=O)NC1CCON(C(C)C(=O)OC(C)(C)C)C1=O.c1cc2ccc1-2. The number of benzene rings is 1. The number of nitrogens with zero attached hydrogens (tertiary/aromatic N) is 1. The number of esters is 1. The van der Waals surface area contributed by atoms with Gasteiger partial charge in [-0.15, -0.1) is 0 Å². The minimum absolute atomic E-state index is 0.254. The van der Waals surface area contributed by atoms with E-state index < -0.39 is 29.6 Å². The molecule has 3 rings (SSSR count). The highest BCUT2D eigenvalue weighted by atomic mass is 16.7. The van der Waals surface area contributed by atoms with Crippen LogP contribution in [0.1, 0.15) is 41.0 Å². The molecule has 2 aliphatic carbocycles. The lowest BCUT2D eigenvalue weighted by Crippen LogP contribution is -2.57. The summed E-state index contributed by atoms with van der Waals surface area (Å²) in [5.41, 5.74) is 2.21. The Kier molecular flexibility index (Phi) is 6.02. The Bertz CT molecular complexity index is 657. The van der Waals surface area contributed by atoms with Gasteiger partial charge in [-0.1, -0.05) is 24.3 Å². The first-order chi connectivity index (χ1) is 12.1. The van der Waals surface area contributed by atoms with Crippen LogP contribution in [0.2, 0.25) is 0 Å². The van der Waals surface area contributed by atoms with Crippen LogP contribution >= 0.6 is 0 Å².